The Balaban J connectivity index is 1.40. The zero-order valence-corrected chi connectivity index (χ0v) is 17.1. The Kier molecular flexibility index (Phi) is 5.83. The number of aromatic hydroxyl groups is 2. The van der Waals surface area contributed by atoms with E-state index in [-0.39, 0.29) is 29.6 Å². The summed E-state index contributed by atoms with van der Waals surface area (Å²) in [4.78, 5) is 14.1. The monoisotopic (exact) mass is 412 g/mol. The van der Waals surface area contributed by atoms with Crippen molar-refractivity contribution in [2.24, 2.45) is 11.7 Å². The fourth-order valence-corrected chi connectivity index (χ4v) is 4.44. The van der Waals surface area contributed by atoms with Crippen molar-refractivity contribution in [2.45, 2.75) is 38.4 Å². The molecule has 4 rings (SSSR count). The lowest BCUT2D eigenvalue weighted by Crippen LogP contribution is -2.45. The third-order valence-electron chi connectivity index (χ3n) is 6.21. The van der Waals surface area contributed by atoms with E-state index in [1.807, 2.05) is 19.1 Å². The third kappa shape index (κ3) is 3.95. The number of piperidine rings is 1. The molecule has 1 saturated heterocycles. The first kappa shape index (κ1) is 20.5. The number of hydrogen-bond donors (Lipinski definition) is 3. The standard InChI is InChI=1S/C23H28N2O5/c1-14-6-7-16-17(22(14)27)12-20(29-21(16)13-24)15-8-10-25(11-9-15)23(28)30-19-5-3-2-4-18(19)26/h2-7,15,20-21,26-27H,8-13,24H2,1H3/t20-,21+/m0/s1. The van der Waals surface area contributed by atoms with Crippen molar-refractivity contribution in [3.63, 3.8) is 0 Å². The molecule has 2 aliphatic heterocycles. The normalized spacial score (nSPS) is 21.9. The lowest BCUT2D eigenvalue weighted by atomic mass is 9.83. The van der Waals surface area contributed by atoms with Crippen molar-refractivity contribution < 1.29 is 24.5 Å². The zero-order chi connectivity index (χ0) is 21.3. The van der Waals surface area contributed by atoms with Crippen molar-refractivity contribution in [1.82, 2.24) is 4.90 Å². The van der Waals surface area contributed by atoms with E-state index in [9.17, 15) is 15.0 Å². The number of aryl methyl sites for hydroxylation is 1. The average Bonchev–Trinajstić information content (AvgIpc) is 2.77. The van der Waals surface area contributed by atoms with Gasteiger partial charge in [0.25, 0.3) is 0 Å². The Morgan fingerprint density at radius 1 is 1.20 bits per heavy atom. The first-order valence-electron chi connectivity index (χ1n) is 10.4. The first-order valence-corrected chi connectivity index (χ1v) is 10.4. The summed E-state index contributed by atoms with van der Waals surface area (Å²) in [5.41, 5.74) is 8.71. The topological polar surface area (TPSA) is 105 Å². The molecule has 2 heterocycles. The Morgan fingerprint density at radius 2 is 1.93 bits per heavy atom. The molecule has 1 amide bonds. The number of phenolic OH excluding ortho intramolecular Hbond substituents is 2. The van der Waals surface area contributed by atoms with E-state index in [4.69, 9.17) is 15.2 Å². The smallest absolute Gasteiger partial charge is 0.415 e. The van der Waals surface area contributed by atoms with Crippen LogP contribution in [-0.4, -0.2) is 46.9 Å². The van der Waals surface area contributed by atoms with E-state index < -0.39 is 6.09 Å². The number of phenols is 2. The van der Waals surface area contributed by atoms with E-state index in [0.717, 1.165) is 29.5 Å². The van der Waals surface area contributed by atoms with Gasteiger partial charge in [0, 0.05) is 31.6 Å². The number of carbonyl (C=O) groups excluding carboxylic acids is 1. The van der Waals surface area contributed by atoms with E-state index >= 15 is 0 Å². The average molecular weight is 412 g/mol. The Bertz CT molecular complexity index is 924. The number of nitrogens with two attached hydrogens (primary N) is 1. The highest BCUT2D eigenvalue weighted by Gasteiger charge is 2.36. The van der Waals surface area contributed by atoms with Crippen molar-refractivity contribution in [3.05, 3.63) is 53.1 Å². The minimum Gasteiger partial charge on any atom is -0.507 e. The van der Waals surface area contributed by atoms with Gasteiger partial charge in [-0.05, 0) is 48.9 Å². The zero-order valence-electron chi connectivity index (χ0n) is 17.1. The molecule has 2 aromatic rings. The minimum atomic E-state index is -0.460. The predicted octanol–water partition coefficient (Wildman–Crippen LogP) is 3.26. The molecule has 0 saturated carbocycles. The molecule has 4 N–H and O–H groups in total. The van der Waals surface area contributed by atoms with Gasteiger partial charge in [0.15, 0.2) is 11.5 Å². The van der Waals surface area contributed by atoms with Gasteiger partial charge in [0.1, 0.15) is 5.75 Å². The molecule has 7 nitrogen and oxygen atoms in total. The molecule has 0 bridgehead atoms. The number of fused-ring (bicyclic) bond motifs is 1. The molecular weight excluding hydrogens is 384 g/mol. The largest absolute Gasteiger partial charge is 0.507 e. The summed E-state index contributed by atoms with van der Waals surface area (Å²) in [5, 5.41) is 20.4. The van der Waals surface area contributed by atoms with E-state index in [0.29, 0.717) is 31.8 Å². The Morgan fingerprint density at radius 3 is 2.63 bits per heavy atom. The van der Waals surface area contributed by atoms with Crippen LogP contribution in [0, 0.1) is 12.8 Å². The van der Waals surface area contributed by atoms with Crippen LogP contribution in [0.5, 0.6) is 17.2 Å². The lowest BCUT2D eigenvalue weighted by Gasteiger charge is -2.40. The fraction of sp³-hybridized carbons (Fsp3) is 0.435. The molecule has 2 atom stereocenters. The number of likely N-dealkylation sites (tertiary alicyclic amines) is 1. The predicted molar refractivity (Wildman–Crippen MR) is 112 cm³/mol. The van der Waals surface area contributed by atoms with Crippen molar-refractivity contribution >= 4 is 6.09 Å². The third-order valence-corrected chi connectivity index (χ3v) is 6.21. The number of para-hydroxylation sites is 2. The summed E-state index contributed by atoms with van der Waals surface area (Å²) in [7, 11) is 0. The molecule has 0 radical (unpaired) electrons. The highest BCUT2D eigenvalue weighted by Crippen LogP contribution is 2.40. The van der Waals surface area contributed by atoms with Crippen LogP contribution < -0.4 is 10.5 Å². The second kappa shape index (κ2) is 8.53. The molecule has 2 aliphatic rings. The van der Waals surface area contributed by atoms with Crippen molar-refractivity contribution in [2.75, 3.05) is 19.6 Å². The van der Waals surface area contributed by atoms with Gasteiger partial charge in [0.05, 0.1) is 12.2 Å². The summed E-state index contributed by atoms with van der Waals surface area (Å²) < 4.78 is 11.6. The van der Waals surface area contributed by atoms with Gasteiger partial charge in [0.2, 0.25) is 0 Å². The second-order valence-electron chi connectivity index (χ2n) is 8.06. The highest BCUT2D eigenvalue weighted by atomic mass is 16.6. The van der Waals surface area contributed by atoms with Crippen LogP contribution >= 0.6 is 0 Å². The first-order chi connectivity index (χ1) is 14.5. The van der Waals surface area contributed by atoms with Gasteiger partial charge in [-0.2, -0.15) is 0 Å². The van der Waals surface area contributed by atoms with Gasteiger partial charge in [-0.3, -0.25) is 0 Å². The second-order valence-corrected chi connectivity index (χ2v) is 8.06. The van der Waals surface area contributed by atoms with Crippen LogP contribution in [0.3, 0.4) is 0 Å². The SMILES string of the molecule is Cc1ccc2c(c1O)C[C@@H](C1CCN(C(=O)Oc3ccccc3O)CC1)O[C@@H]2CN. The van der Waals surface area contributed by atoms with Crippen LogP contribution in [0.2, 0.25) is 0 Å². The summed E-state index contributed by atoms with van der Waals surface area (Å²) >= 11 is 0. The molecule has 1 fully saturated rings. The summed E-state index contributed by atoms with van der Waals surface area (Å²) in [6.07, 6.45) is 1.47. The maximum atomic E-state index is 12.5. The van der Waals surface area contributed by atoms with E-state index in [2.05, 4.69) is 0 Å². The molecule has 0 unspecified atom stereocenters. The van der Waals surface area contributed by atoms with Gasteiger partial charge in [-0.25, -0.2) is 4.79 Å². The van der Waals surface area contributed by atoms with Gasteiger partial charge in [-0.1, -0.05) is 24.3 Å². The number of hydrogen-bond acceptors (Lipinski definition) is 6. The number of amides is 1. The summed E-state index contributed by atoms with van der Waals surface area (Å²) in [6, 6.07) is 10.3. The Labute approximate surface area is 176 Å². The van der Waals surface area contributed by atoms with Crippen LogP contribution in [-0.2, 0) is 11.2 Å². The molecule has 30 heavy (non-hydrogen) atoms. The quantitative estimate of drug-likeness (QED) is 0.715. The Hall–Kier alpha value is -2.77. The summed E-state index contributed by atoms with van der Waals surface area (Å²) in [6.45, 7) is 3.36. The van der Waals surface area contributed by atoms with Crippen LogP contribution in [0.15, 0.2) is 36.4 Å². The molecule has 160 valence electrons. The van der Waals surface area contributed by atoms with Crippen LogP contribution in [0.25, 0.3) is 0 Å². The fourth-order valence-electron chi connectivity index (χ4n) is 4.44. The number of rotatable bonds is 3. The van der Waals surface area contributed by atoms with Gasteiger partial charge >= 0.3 is 6.09 Å². The molecule has 0 aromatic heterocycles. The molecular formula is C23H28N2O5. The molecule has 0 spiro atoms. The minimum absolute atomic E-state index is 0.0462. The number of carbonyl (C=O) groups is 1. The van der Waals surface area contributed by atoms with Gasteiger partial charge in [-0.15, -0.1) is 0 Å². The maximum absolute atomic E-state index is 12.5. The number of nitrogens with zero attached hydrogens (tertiary/aromatic N) is 1. The number of ether oxygens (including phenoxy) is 2. The van der Waals surface area contributed by atoms with Gasteiger partial charge < -0.3 is 30.3 Å². The molecule has 0 aliphatic carbocycles. The molecule has 7 heteroatoms. The highest BCUT2D eigenvalue weighted by molar-refractivity contribution is 5.71. The maximum Gasteiger partial charge on any atom is 0.415 e. The summed E-state index contributed by atoms with van der Waals surface area (Å²) in [5.74, 6) is 0.704. The van der Waals surface area contributed by atoms with Crippen molar-refractivity contribution in [1.29, 1.82) is 0 Å². The van der Waals surface area contributed by atoms with Crippen LogP contribution in [0.1, 0.15) is 35.6 Å². The lowest BCUT2D eigenvalue weighted by molar-refractivity contribution is -0.0633. The van der Waals surface area contributed by atoms with E-state index in [1.165, 1.54) is 6.07 Å². The van der Waals surface area contributed by atoms with E-state index in [1.54, 1.807) is 23.1 Å². The van der Waals surface area contributed by atoms with Crippen LogP contribution in [0.4, 0.5) is 4.79 Å². The molecule has 2 aromatic carbocycles. The van der Waals surface area contributed by atoms with Crippen molar-refractivity contribution in [3.8, 4) is 17.2 Å². The number of benzene rings is 2.